The minimum atomic E-state index is -1.32. The zero-order valence-electron chi connectivity index (χ0n) is 22.5. The van der Waals surface area contributed by atoms with Gasteiger partial charge in [0.05, 0.1) is 0 Å². The quantitative estimate of drug-likeness (QED) is 0.216. The van der Waals surface area contributed by atoms with Crippen molar-refractivity contribution in [3.05, 3.63) is 155 Å². The predicted octanol–water partition coefficient (Wildman–Crippen LogP) is 10.1. The van der Waals surface area contributed by atoms with E-state index in [9.17, 15) is 9.90 Å². The Morgan fingerprint density at radius 3 is 1.41 bits per heavy atom. The highest BCUT2D eigenvalue weighted by molar-refractivity contribution is 6.30. The van der Waals surface area contributed by atoms with E-state index in [1.54, 1.807) is 12.1 Å². The zero-order chi connectivity index (χ0) is 28.1. The van der Waals surface area contributed by atoms with Crippen molar-refractivity contribution in [1.29, 1.82) is 0 Å². The summed E-state index contributed by atoms with van der Waals surface area (Å²) in [6.07, 6.45) is 0. The molecular formula is C38H27ClO2. The van der Waals surface area contributed by atoms with Crippen LogP contribution in [0.5, 0.6) is 0 Å². The molecule has 1 atom stereocenters. The van der Waals surface area contributed by atoms with Crippen molar-refractivity contribution >= 4 is 60.7 Å². The number of carboxylic acid groups (broad SMARTS) is 1. The first kappa shape index (κ1) is 25.3. The summed E-state index contributed by atoms with van der Waals surface area (Å²) in [5.41, 5.74) is 1.36. The van der Waals surface area contributed by atoms with Gasteiger partial charge >= 0.3 is 5.97 Å². The Labute approximate surface area is 243 Å². The molecule has 1 unspecified atom stereocenters. The predicted molar refractivity (Wildman–Crippen MR) is 171 cm³/mol. The van der Waals surface area contributed by atoms with Crippen molar-refractivity contribution in [3.63, 3.8) is 0 Å². The fourth-order valence-corrected chi connectivity index (χ4v) is 6.77. The molecule has 0 saturated heterocycles. The average Bonchev–Trinajstić information content (AvgIpc) is 3.01. The van der Waals surface area contributed by atoms with E-state index in [0.717, 1.165) is 54.2 Å². The summed E-state index contributed by atoms with van der Waals surface area (Å²) in [4.78, 5) is 13.7. The van der Waals surface area contributed by atoms with Gasteiger partial charge in [-0.25, -0.2) is 0 Å². The molecule has 1 N–H and O–H groups in total. The van der Waals surface area contributed by atoms with Gasteiger partial charge in [0.2, 0.25) is 0 Å². The maximum absolute atomic E-state index is 13.7. The Bertz CT molecular complexity index is 1990. The molecule has 198 valence electrons. The average molecular weight is 551 g/mol. The maximum atomic E-state index is 13.7. The Hall–Kier alpha value is -4.66. The third-order valence-electron chi connectivity index (χ3n) is 8.69. The Morgan fingerprint density at radius 1 is 0.585 bits per heavy atom. The van der Waals surface area contributed by atoms with Crippen molar-refractivity contribution in [2.45, 2.75) is 18.3 Å². The largest absolute Gasteiger partial charge is 0.481 e. The number of carbonyl (C=O) groups is 1. The lowest BCUT2D eigenvalue weighted by molar-refractivity contribution is -0.143. The zero-order valence-corrected chi connectivity index (χ0v) is 23.3. The summed E-state index contributed by atoms with van der Waals surface area (Å²) in [5, 5.41) is 20.6. The minimum Gasteiger partial charge on any atom is -0.481 e. The van der Waals surface area contributed by atoms with E-state index in [0.29, 0.717) is 10.6 Å². The van der Waals surface area contributed by atoms with Crippen LogP contribution in [0, 0.1) is 0 Å². The van der Waals surface area contributed by atoms with Crippen LogP contribution >= 0.6 is 11.6 Å². The first-order chi connectivity index (χ1) is 20.0. The highest BCUT2D eigenvalue weighted by Gasteiger charge is 2.46. The molecule has 0 heterocycles. The number of benzene rings is 7. The van der Waals surface area contributed by atoms with Crippen molar-refractivity contribution in [3.8, 4) is 0 Å². The number of carboxylic acids is 1. The molecule has 0 aliphatic rings. The summed E-state index contributed by atoms with van der Waals surface area (Å²) in [5.74, 6) is -1.41. The molecule has 7 aromatic carbocycles. The molecule has 0 radical (unpaired) electrons. The van der Waals surface area contributed by atoms with E-state index in [1.165, 1.54) is 0 Å². The molecule has 3 heteroatoms. The summed E-state index contributed by atoms with van der Waals surface area (Å²) in [7, 11) is 0. The Morgan fingerprint density at radius 2 is 0.976 bits per heavy atom. The number of rotatable bonds is 5. The van der Waals surface area contributed by atoms with Crippen LogP contribution in [0.25, 0.3) is 43.1 Å². The van der Waals surface area contributed by atoms with Crippen LogP contribution in [0.4, 0.5) is 0 Å². The van der Waals surface area contributed by atoms with Crippen molar-refractivity contribution < 1.29 is 9.90 Å². The van der Waals surface area contributed by atoms with Crippen molar-refractivity contribution in [1.82, 2.24) is 0 Å². The fraction of sp³-hybridized carbons (Fsp3) is 0.0789. The van der Waals surface area contributed by atoms with E-state index < -0.39 is 17.3 Å². The lowest BCUT2D eigenvalue weighted by Crippen LogP contribution is -2.39. The minimum absolute atomic E-state index is 0.523. The van der Waals surface area contributed by atoms with Gasteiger partial charge in [-0.2, -0.15) is 0 Å². The maximum Gasteiger partial charge on any atom is 0.314 e. The van der Waals surface area contributed by atoms with E-state index in [4.69, 9.17) is 11.6 Å². The number of aliphatic carboxylic acids is 1. The van der Waals surface area contributed by atoms with Crippen LogP contribution < -0.4 is 0 Å². The fourth-order valence-electron chi connectivity index (χ4n) is 6.64. The van der Waals surface area contributed by atoms with E-state index >= 15 is 0 Å². The highest BCUT2D eigenvalue weighted by Crippen LogP contribution is 2.50. The van der Waals surface area contributed by atoms with Gasteiger partial charge in [0.15, 0.2) is 0 Å². The smallest absolute Gasteiger partial charge is 0.314 e. The lowest BCUT2D eigenvalue weighted by Gasteiger charge is -2.37. The molecule has 2 nitrogen and oxygen atoms in total. The summed E-state index contributed by atoms with van der Waals surface area (Å²) in [6, 6.07) is 45.1. The summed E-state index contributed by atoms with van der Waals surface area (Å²) in [6.45, 7) is 1.86. The number of hydrogen-bond donors (Lipinski definition) is 1. The molecule has 0 aromatic heterocycles. The van der Waals surface area contributed by atoms with Gasteiger partial charge in [-0.15, -0.1) is 0 Å². The Kier molecular flexibility index (Phi) is 6.03. The number of fused-ring (bicyclic) bond motifs is 6. The summed E-state index contributed by atoms with van der Waals surface area (Å²) >= 11 is 6.29. The second kappa shape index (κ2) is 9.76. The second-order valence-corrected chi connectivity index (χ2v) is 11.3. The monoisotopic (exact) mass is 550 g/mol. The van der Waals surface area contributed by atoms with Crippen LogP contribution in [0.3, 0.4) is 0 Å². The first-order valence-electron chi connectivity index (χ1n) is 13.8. The van der Waals surface area contributed by atoms with Gasteiger partial charge in [0.1, 0.15) is 5.41 Å². The van der Waals surface area contributed by atoms with Crippen molar-refractivity contribution in [2.75, 3.05) is 0 Å². The first-order valence-corrected chi connectivity index (χ1v) is 14.1. The summed E-state index contributed by atoms with van der Waals surface area (Å²) < 4.78 is 0. The van der Waals surface area contributed by atoms with Gasteiger partial charge in [-0.3, -0.25) is 4.79 Å². The number of halogens is 1. The third kappa shape index (κ3) is 3.98. The van der Waals surface area contributed by atoms with E-state index in [-0.39, 0.29) is 0 Å². The molecule has 0 spiro atoms. The van der Waals surface area contributed by atoms with Crippen LogP contribution in [0.1, 0.15) is 29.5 Å². The van der Waals surface area contributed by atoms with E-state index in [2.05, 4.69) is 84.9 Å². The van der Waals surface area contributed by atoms with Crippen LogP contribution in [-0.2, 0) is 10.2 Å². The molecule has 0 bridgehead atoms. The highest BCUT2D eigenvalue weighted by atomic mass is 35.5. The molecule has 0 aliphatic heterocycles. The van der Waals surface area contributed by atoms with Gasteiger partial charge in [-0.05, 0) is 91.0 Å². The SMILES string of the molecule is CC(C(=O)O)(c1ccc(Cl)cc1)C(c1cc2ccccc2c2ccccc12)c1cc2ccccc2c2ccccc12. The van der Waals surface area contributed by atoms with Gasteiger partial charge in [-0.1, -0.05) is 121 Å². The van der Waals surface area contributed by atoms with Gasteiger partial charge < -0.3 is 5.11 Å². The van der Waals surface area contributed by atoms with E-state index in [1.807, 2.05) is 43.3 Å². The standard InChI is InChI=1S/C38H27ClO2/c1-38(37(40)41,26-18-20-27(39)21-19-26)36(34-22-24-10-2-4-12-28(24)30-14-6-8-16-32(30)34)35-23-25-11-3-5-13-29(25)31-15-7-9-17-33(31)35/h2-23,36H,1H3,(H,40,41). The molecular weight excluding hydrogens is 524 g/mol. The van der Waals surface area contributed by atoms with Crippen LogP contribution in [0.15, 0.2) is 133 Å². The molecule has 7 rings (SSSR count). The topological polar surface area (TPSA) is 37.3 Å². The van der Waals surface area contributed by atoms with Crippen LogP contribution in [-0.4, -0.2) is 11.1 Å². The van der Waals surface area contributed by atoms with Gasteiger partial charge in [0.25, 0.3) is 0 Å². The molecule has 0 aliphatic carbocycles. The second-order valence-electron chi connectivity index (χ2n) is 10.9. The molecule has 0 amide bonds. The molecule has 7 aromatic rings. The molecule has 0 saturated carbocycles. The lowest BCUT2D eigenvalue weighted by atomic mass is 9.64. The third-order valence-corrected chi connectivity index (χ3v) is 8.94. The number of hydrogen-bond acceptors (Lipinski definition) is 1. The van der Waals surface area contributed by atoms with Crippen molar-refractivity contribution in [2.24, 2.45) is 0 Å². The molecule has 0 fully saturated rings. The molecule has 41 heavy (non-hydrogen) atoms. The normalized spacial score (nSPS) is 13.2. The Balaban J connectivity index is 1.68. The van der Waals surface area contributed by atoms with Crippen LogP contribution in [0.2, 0.25) is 5.02 Å². The van der Waals surface area contributed by atoms with Gasteiger partial charge in [0, 0.05) is 10.9 Å².